The zero-order valence-corrected chi connectivity index (χ0v) is 15.9. The number of hydrogen-bond donors (Lipinski definition) is 2. The van der Waals surface area contributed by atoms with Crippen LogP contribution in [0, 0.1) is 0 Å². The van der Waals surface area contributed by atoms with E-state index in [-0.39, 0.29) is 17.4 Å². The summed E-state index contributed by atoms with van der Waals surface area (Å²) in [5.74, 6) is 0.432. The molecule has 0 aliphatic carbocycles. The maximum Gasteiger partial charge on any atom is 0.387 e. The third kappa shape index (κ3) is 7.38. The van der Waals surface area contributed by atoms with E-state index in [4.69, 9.17) is 11.5 Å². The van der Waals surface area contributed by atoms with Gasteiger partial charge in [-0.15, -0.1) is 0 Å². The van der Waals surface area contributed by atoms with Crippen LogP contribution < -0.4 is 20.9 Å². The van der Waals surface area contributed by atoms with Crippen LogP contribution in [0.2, 0.25) is 0 Å². The Morgan fingerprint density at radius 1 is 0.857 bits per heavy atom. The molecule has 154 valence electrons. The molecule has 0 saturated heterocycles. The predicted molar refractivity (Wildman–Crippen MR) is 104 cm³/mol. The highest BCUT2D eigenvalue weighted by Gasteiger charge is 2.09. The van der Waals surface area contributed by atoms with Gasteiger partial charge >= 0.3 is 13.2 Å². The molecule has 0 spiro atoms. The maximum absolute atomic E-state index is 11.9. The summed E-state index contributed by atoms with van der Waals surface area (Å²) in [6.45, 7) is 3.70. The molecule has 4 nitrogen and oxygen atoms in total. The summed E-state index contributed by atoms with van der Waals surface area (Å²) < 4.78 is 56.1. The van der Waals surface area contributed by atoms with Gasteiger partial charge in [0.2, 0.25) is 0 Å². The van der Waals surface area contributed by atoms with Crippen molar-refractivity contribution in [3.05, 3.63) is 54.1 Å². The van der Waals surface area contributed by atoms with E-state index in [1.165, 1.54) is 24.3 Å². The van der Waals surface area contributed by atoms with Crippen LogP contribution in [-0.2, 0) is 0 Å². The Morgan fingerprint density at radius 2 is 1.32 bits per heavy atom. The standard InChI is InChI=1S/C10H13F2NO.C10H11F2NO/c2*1-6(2)8-5-7(14-10(11)12)3-4-9(8)13/h3-6,10H,13H2,1-2H3;3-5,10H,1,13H2,2H3. The first kappa shape index (κ1) is 23.1. The highest BCUT2D eigenvalue weighted by atomic mass is 19.3. The molecule has 0 amide bonds. The SMILES string of the molecule is C=C(C)c1cc(OC(F)F)ccc1N.CC(C)c1cc(OC(F)F)ccc1N. The van der Waals surface area contributed by atoms with Crippen molar-refractivity contribution in [1.29, 1.82) is 0 Å². The number of nitrogens with two attached hydrogens (primary N) is 2. The van der Waals surface area contributed by atoms with E-state index in [1.54, 1.807) is 19.1 Å². The van der Waals surface area contributed by atoms with Crippen LogP contribution >= 0.6 is 0 Å². The van der Waals surface area contributed by atoms with Crippen molar-refractivity contribution in [2.45, 2.75) is 39.9 Å². The first-order valence-electron chi connectivity index (χ1n) is 8.35. The fourth-order valence-corrected chi connectivity index (χ4v) is 2.31. The lowest BCUT2D eigenvalue weighted by atomic mass is 10.0. The second-order valence-electron chi connectivity index (χ2n) is 6.23. The van der Waals surface area contributed by atoms with E-state index in [0.717, 1.165) is 5.56 Å². The summed E-state index contributed by atoms with van der Waals surface area (Å²) in [7, 11) is 0. The Labute approximate surface area is 161 Å². The molecule has 0 radical (unpaired) electrons. The van der Waals surface area contributed by atoms with Crippen LogP contribution in [0.5, 0.6) is 11.5 Å². The van der Waals surface area contributed by atoms with Gasteiger partial charge in [-0.05, 0) is 60.4 Å². The molecule has 2 rings (SSSR count). The molecule has 0 heterocycles. The van der Waals surface area contributed by atoms with Crippen LogP contribution in [-0.4, -0.2) is 13.2 Å². The molecular formula is C20H24F4N2O2. The highest BCUT2D eigenvalue weighted by Crippen LogP contribution is 2.27. The van der Waals surface area contributed by atoms with E-state index in [2.05, 4.69) is 16.1 Å². The minimum Gasteiger partial charge on any atom is -0.435 e. The molecule has 4 N–H and O–H groups in total. The van der Waals surface area contributed by atoms with Crippen molar-refractivity contribution < 1.29 is 27.0 Å². The Kier molecular flexibility index (Phi) is 8.63. The van der Waals surface area contributed by atoms with Gasteiger partial charge in [-0.3, -0.25) is 0 Å². The predicted octanol–water partition coefficient (Wildman–Crippen LogP) is 5.90. The van der Waals surface area contributed by atoms with Crippen LogP contribution in [0.1, 0.15) is 37.8 Å². The average Bonchev–Trinajstić information content (AvgIpc) is 2.57. The molecule has 0 unspecified atom stereocenters. The average molecular weight is 400 g/mol. The number of nitrogen functional groups attached to an aromatic ring is 2. The summed E-state index contributed by atoms with van der Waals surface area (Å²) >= 11 is 0. The van der Waals surface area contributed by atoms with Gasteiger partial charge in [-0.1, -0.05) is 20.4 Å². The fraction of sp³-hybridized carbons (Fsp3) is 0.300. The molecule has 0 aromatic heterocycles. The van der Waals surface area contributed by atoms with E-state index < -0.39 is 13.2 Å². The Bertz CT molecular complexity index is 796. The minimum atomic E-state index is -2.82. The number of benzene rings is 2. The zero-order valence-electron chi connectivity index (χ0n) is 15.9. The summed E-state index contributed by atoms with van der Waals surface area (Å²) in [6.07, 6.45) is 0. The minimum absolute atomic E-state index is 0.0900. The van der Waals surface area contributed by atoms with E-state index in [9.17, 15) is 17.6 Å². The molecular weight excluding hydrogens is 376 g/mol. The number of rotatable bonds is 6. The van der Waals surface area contributed by atoms with Crippen molar-refractivity contribution in [3.8, 4) is 11.5 Å². The summed E-state index contributed by atoms with van der Waals surface area (Å²) in [5.41, 5.74) is 14.6. The number of halogens is 4. The molecule has 0 saturated carbocycles. The normalized spacial score (nSPS) is 10.6. The highest BCUT2D eigenvalue weighted by molar-refractivity contribution is 5.73. The molecule has 0 fully saturated rings. The van der Waals surface area contributed by atoms with Crippen molar-refractivity contribution in [1.82, 2.24) is 0 Å². The van der Waals surface area contributed by atoms with Gasteiger partial charge in [0, 0.05) is 16.9 Å². The van der Waals surface area contributed by atoms with Crippen molar-refractivity contribution in [2.24, 2.45) is 0 Å². The third-order valence-electron chi connectivity index (χ3n) is 3.62. The lowest BCUT2D eigenvalue weighted by Gasteiger charge is -2.11. The monoisotopic (exact) mass is 400 g/mol. The van der Waals surface area contributed by atoms with Crippen molar-refractivity contribution in [3.63, 3.8) is 0 Å². The lowest BCUT2D eigenvalue weighted by molar-refractivity contribution is -0.0505. The van der Waals surface area contributed by atoms with E-state index in [0.29, 0.717) is 22.5 Å². The molecule has 0 atom stereocenters. The van der Waals surface area contributed by atoms with Crippen LogP contribution in [0.25, 0.3) is 5.57 Å². The molecule has 8 heteroatoms. The maximum atomic E-state index is 11.9. The third-order valence-corrected chi connectivity index (χ3v) is 3.62. The second-order valence-corrected chi connectivity index (χ2v) is 6.23. The number of alkyl halides is 4. The Hall–Kier alpha value is -2.90. The van der Waals surface area contributed by atoms with Gasteiger partial charge in [0.25, 0.3) is 0 Å². The van der Waals surface area contributed by atoms with Crippen molar-refractivity contribution in [2.75, 3.05) is 11.5 Å². The molecule has 0 aliphatic rings. The Morgan fingerprint density at radius 3 is 1.75 bits per heavy atom. The van der Waals surface area contributed by atoms with Crippen LogP contribution in [0.15, 0.2) is 43.0 Å². The van der Waals surface area contributed by atoms with Gasteiger partial charge in [0.15, 0.2) is 0 Å². The fourth-order valence-electron chi connectivity index (χ4n) is 2.31. The quantitative estimate of drug-likeness (QED) is 0.468. The molecule has 28 heavy (non-hydrogen) atoms. The number of hydrogen-bond acceptors (Lipinski definition) is 4. The molecule has 2 aromatic carbocycles. The van der Waals surface area contributed by atoms with Crippen molar-refractivity contribution >= 4 is 16.9 Å². The lowest BCUT2D eigenvalue weighted by Crippen LogP contribution is -2.03. The Balaban J connectivity index is 0.000000280. The molecule has 0 bridgehead atoms. The van der Waals surface area contributed by atoms with Crippen LogP contribution in [0.4, 0.5) is 28.9 Å². The van der Waals surface area contributed by atoms with Gasteiger partial charge in [-0.25, -0.2) is 0 Å². The first-order valence-corrected chi connectivity index (χ1v) is 8.35. The van der Waals surface area contributed by atoms with E-state index >= 15 is 0 Å². The van der Waals surface area contributed by atoms with Gasteiger partial charge in [-0.2, -0.15) is 17.6 Å². The number of anilines is 2. The number of allylic oxidation sites excluding steroid dienone is 1. The van der Waals surface area contributed by atoms with Gasteiger partial charge in [0.05, 0.1) is 0 Å². The van der Waals surface area contributed by atoms with Gasteiger partial charge < -0.3 is 20.9 Å². The summed E-state index contributed by atoms with van der Waals surface area (Å²) in [4.78, 5) is 0. The topological polar surface area (TPSA) is 70.5 Å². The summed E-state index contributed by atoms with van der Waals surface area (Å²) in [6, 6.07) is 8.92. The zero-order chi connectivity index (χ0) is 21.4. The largest absolute Gasteiger partial charge is 0.435 e. The number of ether oxygens (including phenoxy) is 2. The van der Waals surface area contributed by atoms with Crippen LogP contribution in [0.3, 0.4) is 0 Å². The molecule has 2 aromatic rings. The smallest absolute Gasteiger partial charge is 0.387 e. The van der Waals surface area contributed by atoms with Gasteiger partial charge in [0.1, 0.15) is 11.5 Å². The first-order chi connectivity index (χ1) is 13.0. The molecule has 0 aliphatic heterocycles. The van der Waals surface area contributed by atoms with E-state index in [1.807, 2.05) is 13.8 Å². The summed E-state index contributed by atoms with van der Waals surface area (Å²) in [5, 5.41) is 0. The second kappa shape index (κ2) is 10.4.